The number of nitrogens with zero attached hydrogens (tertiary/aromatic N) is 2. The Bertz CT molecular complexity index is 1350. The van der Waals surface area contributed by atoms with Gasteiger partial charge < -0.3 is 4.98 Å². The van der Waals surface area contributed by atoms with Gasteiger partial charge in [0.25, 0.3) is 5.56 Å². The van der Waals surface area contributed by atoms with Gasteiger partial charge >= 0.3 is 0 Å². The lowest BCUT2D eigenvalue weighted by Gasteiger charge is -2.14. The van der Waals surface area contributed by atoms with Gasteiger partial charge in [-0.1, -0.05) is 35.9 Å². The molecule has 3 aromatic carbocycles. The first kappa shape index (κ1) is 15.9. The molecule has 5 aromatic rings. The Balaban J connectivity index is 1.87. The van der Waals surface area contributed by atoms with Gasteiger partial charge in [-0.2, -0.15) is 0 Å². The molecule has 0 unspecified atom stereocenters. The fourth-order valence-corrected chi connectivity index (χ4v) is 3.47. The number of halogens is 1. The van der Waals surface area contributed by atoms with Crippen molar-refractivity contribution in [3.63, 3.8) is 0 Å². The second-order valence-corrected chi connectivity index (χ2v) is 6.79. The number of hydrogen-bond acceptors (Lipinski definition) is 2. The first-order valence-electron chi connectivity index (χ1n) is 8.56. The molecule has 1 N–H and O–H groups in total. The molecule has 0 amide bonds. The number of rotatable bonds is 2. The monoisotopic (exact) mass is 371 g/mol. The summed E-state index contributed by atoms with van der Waals surface area (Å²) in [6.45, 7) is 0. The number of para-hydroxylation sites is 1. The Morgan fingerprint density at radius 1 is 0.926 bits per heavy atom. The molecule has 0 aliphatic carbocycles. The molecule has 0 saturated heterocycles. The highest BCUT2D eigenvalue weighted by molar-refractivity contribution is 6.30. The van der Waals surface area contributed by atoms with Crippen LogP contribution in [0.15, 0.2) is 83.8 Å². The average Bonchev–Trinajstić information content (AvgIpc) is 3.17. The average molecular weight is 372 g/mol. The lowest BCUT2D eigenvalue weighted by molar-refractivity contribution is 0.976. The molecule has 5 rings (SSSR count). The largest absolute Gasteiger partial charge is 0.361 e. The van der Waals surface area contributed by atoms with Gasteiger partial charge in [-0.25, -0.2) is 4.98 Å². The summed E-state index contributed by atoms with van der Waals surface area (Å²) in [5.41, 5.74) is 3.16. The Hall–Kier alpha value is -3.37. The Morgan fingerprint density at radius 2 is 1.74 bits per heavy atom. The SMILES string of the molecule is O=c1c2ccccc2nc(-c2ccc3cc[nH]c3c2)n1-c1ccc(Cl)cc1. The molecule has 2 aromatic heterocycles. The van der Waals surface area contributed by atoms with Crippen molar-refractivity contribution in [1.29, 1.82) is 0 Å². The highest BCUT2D eigenvalue weighted by atomic mass is 35.5. The molecule has 0 atom stereocenters. The Labute approximate surface area is 159 Å². The second-order valence-electron chi connectivity index (χ2n) is 6.35. The molecule has 2 heterocycles. The number of H-pyrrole nitrogens is 1. The van der Waals surface area contributed by atoms with Gasteiger partial charge in [0.15, 0.2) is 0 Å². The summed E-state index contributed by atoms with van der Waals surface area (Å²) in [6.07, 6.45) is 1.90. The van der Waals surface area contributed by atoms with Crippen LogP contribution in [0.25, 0.3) is 38.9 Å². The van der Waals surface area contributed by atoms with Crippen LogP contribution in [0.1, 0.15) is 0 Å². The molecule has 0 saturated carbocycles. The summed E-state index contributed by atoms with van der Waals surface area (Å²) in [5.74, 6) is 0.595. The van der Waals surface area contributed by atoms with Gasteiger partial charge in [-0.05, 0) is 53.9 Å². The van der Waals surface area contributed by atoms with Crippen LogP contribution in [0.4, 0.5) is 0 Å². The quantitative estimate of drug-likeness (QED) is 0.464. The number of aromatic amines is 1. The molecule has 27 heavy (non-hydrogen) atoms. The van der Waals surface area contributed by atoms with Crippen molar-refractivity contribution in [1.82, 2.24) is 14.5 Å². The molecular formula is C22H14ClN3O. The molecule has 0 aliphatic heterocycles. The summed E-state index contributed by atoms with van der Waals surface area (Å²) < 4.78 is 1.64. The lowest BCUT2D eigenvalue weighted by atomic mass is 10.1. The highest BCUT2D eigenvalue weighted by Gasteiger charge is 2.15. The van der Waals surface area contributed by atoms with E-state index in [1.165, 1.54) is 0 Å². The zero-order chi connectivity index (χ0) is 18.4. The predicted molar refractivity (Wildman–Crippen MR) is 110 cm³/mol. The van der Waals surface area contributed by atoms with Crippen LogP contribution < -0.4 is 5.56 Å². The zero-order valence-corrected chi connectivity index (χ0v) is 14.9. The smallest absolute Gasteiger partial charge is 0.266 e. The summed E-state index contributed by atoms with van der Waals surface area (Å²) in [4.78, 5) is 21.3. The molecule has 0 bridgehead atoms. The number of fused-ring (bicyclic) bond motifs is 2. The van der Waals surface area contributed by atoms with Crippen molar-refractivity contribution >= 4 is 33.4 Å². The Morgan fingerprint density at radius 3 is 2.59 bits per heavy atom. The van der Waals surface area contributed by atoms with Crippen LogP contribution in [0, 0.1) is 0 Å². The lowest BCUT2D eigenvalue weighted by Crippen LogP contribution is -2.21. The van der Waals surface area contributed by atoms with Gasteiger partial charge in [0, 0.05) is 22.3 Å². The summed E-state index contributed by atoms with van der Waals surface area (Å²) in [6, 6.07) is 22.6. The highest BCUT2D eigenvalue weighted by Crippen LogP contribution is 2.26. The summed E-state index contributed by atoms with van der Waals surface area (Å²) >= 11 is 6.04. The van der Waals surface area contributed by atoms with Crippen molar-refractivity contribution < 1.29 is 0 Å². The van der Waals surface area contributed by atoms with E-state index in [0.29, 0.717) is 21.7 Å². The van der Waals surface area contributed by atoms with E-state index in [-0.39, 0.29) is 5.56 Å². The van der Waals surface area contributed by atoms with Gasteiger partial charge in [0.2, 0.25) is 0 Å². The van der Waals surface area contributed by atoms with Crippen molar-refractivity contribution in [2.45, 2.75) is 0 Å². The third kappa shape index (κ3) is 2.62. The van der Waals surface area contributed by atoms with E-state index in [9.17, 15) is 4.79 Å². The normalized spacial score (nSPS) is 11.3. The molecule has 0 fully saturated rings. The molecule has 0 aliphatic rings. The molecule has 4 nitrogen and oxygen atoms in total. The third-order valence-corrected chi connectivity index (χ3v) is 4.93. The predicted octanol–water partition coefficient (Wildman–Crippen LogP) is 5.19. The van der Waals surface area contributed by atoms with Gasteiger partial charge in [0.05, 0.1) is 16.6 Å². The molecule has 5 heteroatoms. The first-order chi connectivity index (χ1) is 13.2. The van der Waals surface area contributed by atoms with Gasteiger partial charge in [0.1, 0.15) is 5.82 Å². The van der Waals surface area contributed by atoms with E-state index in [0.717, 1.165) is 22.2 Å². The molecule has 130 valence electrons. The van der Waals surface area contributed by atoms with Crippen molar-refractivity contribution in [2.75, 3.05) is 0 Å². The van der Waals surface area contributed by atoms with E-state index in [4.69, 9.17) is 16.6 Å². The van der Waals surface area contributed by atoms with Gasteiger partial charge in [-0.3, -0.25) is 9.36 Å². The molecular weight excluding hydrogens is 358 g/mol. The van der Waals surface area contributed by atoms with Crippen molar-refractivity contribution in [3.8, 4) is 17.1 Å². The van der Waals surface area contributed by atoms with Crippen molar-refractivity contribution in [2.24, 2.45) is 0 Å². The van der Waals surface area contributed by atoms with Crippen LogP contribution in [0.2, 0.25) is 5.02 Å². The molecule has 0 spiro atoms. The van der Waals surface area contributed by atoms with E-state index in [1.54, 1.807) is 22.8 Å². The number of hydrogen-bond donors (Lipinski definition) is 1. The number of nitrogens with one attached hydrogen (secondary N) is 1. The van der Waals surface area contributed by atoms with Crippen LogP contribution in [0.5, 0.6) is 0 Å². The maximum Gasteiger partial charge on any atom is 0.266 e. The fraction of sp³-hybridized carbons (Fsp3) is 0. The first-order valence-corrected chi connectivity index (χ1v) is 8.94. The maximum absolute atomic E-state index is 13.3. The second kappa shape index (κ2) is 6.11. The number of aromatic nitrogens is 3. The van der Waals surface area contributed by atoms with E-state index in [1.807, 2.05) is 60.8 Å². The number of benzene rings is 3. The Kier molecular flexibility index (Phi) is 3.59. The van der Waals surface area contributed by atoms with Crippen LogP contribution in [-0.2, 0) is 0 Å². The third-order valence-electron chi connectivity index (χ3n) is 4.67. The maximum atomic E-state index is 13.3. The van der Waals surface area contributed by atoms with Gasteiger partial charge in [-0.15, -0.1) is 0 Å². The van der Waals surface area contributed by atoms with E-state index < -0.39 is 0 Å². The standard InChI is InChI=1S/C22H14ClN3O/c23-16-7-9-17(10-8-16)26-21(15-6-5-14-11-12-24-20(14)13-15)25-19-4-2-1-3-18(19)22(26)27/h1-13,24H. The van der Waals surface area contributed by atoms with Crippen molar-refractivity contribution in [3.05, 3.63) is 94.4 Å². The van der Waals surface area contributed by atoms with E-state index >= 15 is 0 Å². The minimum Gasteiger partial charge on any atom is -0.361 e. The minimum atomic E-state index is -0.107. The van der Waals surface area contributed by atoms with Crippen LogP contribution >= 0.6 is 11.6 Å². The van der Waals surface area contributed by atoms with E-state index in [2.05, 4.69) is 4.98 Å². The van der Waals surface area contributed by atoms with Crippen LogP contribution in [0.3, 0.4) is 0 Å². The molecule has 0 radical (unpaired) electrons. The zero-order valence-electron chi connectivity index (χ0n) is 14.2. The summed E-state index contributed by atoms with van der Waals surface area (Å²) in [5, 5.41) is 2.31. The topological polar surface area (TPSA) is 50.7 Å². The summed E-state index contributed by atoms with van der Waals surface area (Å²) in [7, 11) is 0. The fourth-order valence-electron chi connectivity index (χ4n) is 3.34. The minimum absolute atomic E-state index is 0.107. The van der Waals surface area contributed by atoms with Crippen LogP contribution in [-0.4, -0.2) is 14.5 Å².